The molecule has 0 saturated carbocycles. The highest BCUT2D eigenvalue weighted by Gasteiger charge is 2.23. The van der Waals surface area contributed by atoms with E-state index in [1.165, 1.54) is 0 Å². The van der Waals surface area contributed by atoms with Crippen molar-refractivity contribution >= 4 is 37.8 Å². The Morgan fingerprint density at radius 1 is 1.44 bits per heavy atom. The molecule has 0 bridgehead atoms. The third-order valence-electron chi connectivity index (χ3n) is 2.80. The van der Waals surface area contributed by atoms with Crippen molar-refractivity contribution in [2.24, 2.45) is 0 Å². The molecule has 102 valence electrons. The van der Waals surface area contributed by atoms with Gasteiger partial charge in [-0.1, -0.05) is 13.3 Å². The summed E-state index contributed by atoms with van der Waals surface area (Å²) < 4.78 is 3.52. The number of aromatic nitrogens is 2. The maximum Gasteiger partial charge on any atom is 0.246 e. The van der Waals surface area contributed by atoms with Gasteiger partial charge in [0.05, 0.1) is 10.2 Å². The maximum absolute atomic E-state index is 12.0. The second-order valence-corrected chi connectivity index (χ2v) is 6.05. The SMILES string of the molecule is CCCCc1nn(C(C)C(=O)N(C)C)c(Br)c1Br. The Kier molecular flexibility index (Phi) is 5.85. The molecular formula is C12H19Br2N3O. The van der Waals surface area contributed by atoms with E-state index in [9.17, 15) is 4.79 Å². The summed E-state index contributed by atoms with van der Waals surface area (Å²) in [5.74, 6) is 0.0349. The van der Waals surface area contributed by atoms with Crippen LogP contribution >= 0.6 is 31.9 Å². The van der Waals surface area contributed by atoms with Crippen LogP contribution in [-0.2, 0) is 11.2 Å². The predicted molar refractivity (Wildman–Crippen MR) is 79.6 cm³/mol. The summed E-state index contributed by atoms with van der Waals surface area (Å²) in [6.07, 6.45) is 3.15. The Bertz CT molecular complexity index is 429. The van der Waals surface area contributed by atoms with Gasteiger partial charge in [0.2, 0.25) is 5.91 Å². The molecular weight excluding hydrogens is 362 g/mol. The molecule has 0 spiro atoms. The molecule has 1 heterocycles. The Labute approximate surface area is 125 Å². The number of likely N-dealkylation sites (N-methyl/N-ethyl adjacent to an activating group) is 1. The summed E-state index contributed by atoms with van der Waals surface area (Å²) in [5, 5.41) is 4.53. The van der Waals surface area contributed by atoms with Gasteiger partial charge in [-0.25, -0.2) is 4.68 Å². The van der Waals surface area contributed by atoms with Gasteiger partial charge in [0.1, 0.15) is 10.6 Å². The van der Waals surface area contributed by atoms with E-state index >= 15 is 0 Å². The van der Waals surface area contributed by atoms with Crippen molar-refractivity contribution in [2.75, 3.05) is 14.1 Å². The summed E-state index contributed by atoms with van der Waals surface area (Å²) >= 11 is 7.02. The van der Waals surface area contributed by atoms with E-state index in [1.54, 1.807) is 23.7 Å². The number of hydrogen-bond donors (Lipinski definition) is 0. The number of aryl methyl sites for hydroxylation is 1. The molecule has 1 aromatic heterocycles. The molecule has 1 atom stereocenters. The number of nitrogens with zero attached hydrogens (tertiary/aromatic N) is 3. The van der Waals surface area contributed by atoms with E-state index < -0.39 is 0 Å². The molecule has 18 heavy (non-hydrogen) atoms. The molecule has 1 amide bonds. The lowest BCUT2D eigenvalue weighted by Gasteiger charge is -2.17. The quantitative estimate of drug-likeness (QED) is 0.785. The van der Waals surface area contributed by atoms with E-state index in [1.807, 2.05) is 6.92 Å². The second-order valence-electron chi connectivity index (χ2n) is 4.51. The van der Waals surface area contributed by atoms with Crippen LogP contribution < -0.4 is 0 Å². The minimum atomic E-state index is -0.305. The van der Waals surface area contributed by atoms with Crippen molar-refractivity contribution in [1.82, 2.24) is 14.7 Å². The van der Waals surface area contributed by atoms with Crippen LogP contribution in [0.1, 0.15) is 38.4 Å². The highest BCUT2D eigenvalue weighted by Crippen LogP contribution is 2.30. The van der Waals surface area contributed by atoms with Crippen LogP contribution in [-0.4, -0.2) is 34.7 Å². The fourth-order valence-corrected chi connectivity index (χ4v) is 2.75. The molecule has 0 saturated heterocycles. The Morgan fingerprint density at radius 3 is 2.56 bits per heavy atom. The number of rotatable bonds is 5. The van der Waals surface area contributed by atoms with Gasteiger partial charge in [-0.05, 0) is 51.6 Å². The van der Waals surface area contributed by atoms with Gasteiger partial charge >= 0.3 is 0 Å². The summed E-state index contributed by atoms with van der Waals surface area (Å²) in [6, 6.07) is -0.305. The van der Waals surface area contributed by atoms with Gasteiger partial charge in [-0.2, -0.15) is 5.10 Å². The molecule has 1 unspecified atom stereocenters. The molecule has 0 aliphatic heterocycles. The smallest absolute Gasteiger partial charge is 0.246 e. The number of unbranched alkanes of at least 4 members (excludes halogenated alkanes) is 1. The van der Waals surface area contributed by atoms with Crippen LogP contribution in [0.3, 0.4) is 0 Å². The highest BCUT2D eigenvalue weighted by atomic mass is 79.9. The van der Waals surface area contributed by atoms with Crippen LogP contribution in [0.5, 0.6) is 0 Å². The summed E-state index contributed by atoms with van der Waals surface area (Å²) in [7, 11) is 3.51. The van der Waals surface area contributed by atoms with Gasteiger partial charge in [0.25, 0.3) is 0 Å². The van der Waals surface area contributed by atoms with Crippen LogP contribution in [0.2, 0.25) is 0 Å². The van der Waals surface area contributed by atoms with Crippen LogP contribution in [0.4, 0.5) is 0 Å². The standard InChI is InChI=1S/C12H19Br2N3O/c1-5-6-7-9-10(13)11(14)17(15-9)8(2)12(18)16(3)4/h8H,5-7H2,1-4H3. The zero-order valence-electron chi connectivity index (χ0n) is 11.2. The summed E-state index contributed by atoms with van der Waals surface area (Å²) in [5.41, 5.74) is 1.00. The van der Waals surface area contributed by atoms with Crippen molar-refractivity contribution in [3.63, 3.8) is 0 Å². The average Bonchev–Trinajstić information content (AvgIpc) is 2.62. The van der Waals surface area contributed by atoms with Gasteiger partial charge in [0, 0.05) is 14.1 Å². The van der Waals surface area contributed by atoms with Crippen LogP contribution in [0.25, 0.3) is 0 Å². The fourth-order valence-electron chi connectivity index (χ4n) is 1.68. The molecule has 0 aliphatic carbocycles. The number of amides is 1. The van der Waals surface area contributed by atoms with Crippen molar-refractivity contribution in [3.8, 4) is 0 Å². The lowest BCUT2D eigenvalue weighted by molar-refractivity contribution is -0.132. The van der Waals surface area contributed by atoms with Crippen molar-refractivity contribution in [3.05, 3.63) is 14.8 Å². The Balaban J connectivity index is 2.99. The summed E-state index contributed by atoms with van der Waals surface area (Å²) in [6.45, 7) is 4.01. The average molecular weight is 381 g/mol. The van der Waals surface area contributed by atoms with Gasteiger partial charge in [-0.15, -0.1) is 0 Å². The minimum Gasteiger partial charge on any atom is -0.347 e. The van der Waals surface area contributed by atoms with Gasteiger partial charge in [0.15, 0.2) is 0 Å². The third-order valence-corrected chi connectivity index (χ3v) is 4.92. The number of hydrogen-bond acceptors (Lipinski definition) is 2. The molecule has 0 radical (unpaired) electrons. The largest absolute Gasteiger partial charge is 0.347 e. The normalized spacial score (nSPS) is 12.6. The number of halogens is 2. The highest BCUT2D eigenvalue weighted by molar-refractivity contribution is 9.13. The van der Waals surface area contributed by atoms with Crippen molar-refractivity contribution < 1.29 is 4.79 Å². The zero-order chi connectivity index (χ0) is 13.9. The van der Waals surface area contributed by atoms with E-state index in [-0.39, 0.29) is 11.9 Å². The maximum atomic E-state index is 12.0. The topological polar surface area (TPSA) is 38.1 Å². The van der Waals surface area contributed by atoms with E-state index in [2.05, 4.69) is 43.9 Å². The zero-order valence-corrected chi connectivity index (χ0v) is 14.4. The van der Waals surface area contributed by atoms with E-state index in [0.717, 1.165) is 34.0 Å². The first kappa shape index (κ1) is 15.7. The molecule has 0 aromatic carbocycles. The lowest BCUT2D eigenvalue weighted by Crippen LogP contribution is -2.30. The first-order valence-corrected chi connectivity index (χ1v) is 7.62. The van der Waals surface area contributed by atoms with Gasteiger partial charge in [-0.3, -0.25) is 4.79 Å². The second kappa shape index (κ2) is 6.70. The molecule has 0 aliphatic rings. The Morgan fingerprint density at radius 2 is 2.06 bits per heavy atom. The van der Waals surface area contributed by atoms with E-state index in [0.29, 0.717) is 0 Å². The van der Waals surface area contributed by atoms with E-state index in [4.69, 9.17) is 0 Å². The van der Waals surface area contributed by atoms with Crippen molar-refractivity contribution in [1.29, 1.82) is 0 Å². The minimum absolute atomic E-state index is 0.0349. The van der Waals surface area contributed by atoms with Crippen LogP contribution in [0.15, 0.2) is 9.08 Å². The predicted octanol–water partition coefficient (Wildman–Crippen LogP) is 3.40. The monoisotopic (exact) mass is 379 g/mol. The lowest BCUT2D eigenvalue weighted by atomic mass is 10.2. The van der Waals surface area contributed by atoms with Gasteiger partial charge < -0.3 is 4.90 Å². The molecule has 6 heteroatoms. The summed E-state index contributed by atoms with van der Waals surface area (Å²) in [4.78, 5) is 13.5. The number of carbonyl (C=O) groups excluding carboxylic acids is 1. The molecule has 1 aromatic rings. The third kappa shape index (κ3) is 3.35. The molecule has 0 N–H and O–H groups in total. The molecule has 4 nitrogen and oxygen atoms in total. The molecule has 0 fully saturated rings. The van der Waals surface area contributed by atoms with Crippen molar-refractivity contribution in [2.45, 2.75) is 39.2 Å². The van der Waals surface area contributed by atoms with Crippen LogP contribution in [0, 0.1) is 0 Å². The first-order chi connectivity index (χ1) is 8.40. The number of carbonyl (C=O) groups is 1. The molecule has 1 rings (SSSR count). The first-order valence-electron chi connectivity index (χ1n) is 6.03. The Hall–Kier alpha value is -0.360. The fraction of sp³-hybridized carbons (Fsp3) is 0.667.